The number of hydrogen-bond acceptors (Lipinski definition) is 4. The summed E-state index contributed by atoms with van der Waals surface area (Å²) in [6, 6.07) is -0.300. The second-order valence-corrected chi connectivity index (χ2v) is 7.38. The molecule has 1 unspecified atom stereocenters. The third-order valence-electron chi connectivity index (χ3n) is 3.73. The molecule has 18 heavy (non-hydrogen) atoms. The number of rotatable bonds is 3. The van der Waals surface area contributed by atoms with Crippen LogP contribution in [0.2, 0.25) is 0 Å². The van der Waals surface area contributed by atoms with E-state index in [0.29, 0.717) is 25.7 Å². The van der Waals surface area contributed by atoms with E-state index < -0.39 is 21.7 Å². The standard InChI is InChI=1S/C11H17NO5S/c13-10(7-1-2-8(5-7)11(14)15)12-9-3-4-18(16,17)6-9/h7-9H,1-6H2,(H,12,13)(H,14,15)/t7-,8+,9?/m1/s1. The highest BCUT2D eigenvalue weighted by Gasteiger charge is 2.36. The smallest absolute Gasteiger partial charge is 0.306 e. The predicted molar refractivity (Wildman–Crippen MR) is 63.7 cm³/mol. The summed E-state index contributed by atoms with van der Waals surface area (Å²) in [4.78, 5) is 22.7. The molecule has 0 aromatic rings. The number of sulfone groups is 1. The molecule has 0 spiro atoms. The van der Waals surface area contributed by atoms with Crippen molar-refractivity contribution in [2.75, 3.05) is 11.5 Å². The van der Waals surface area contributed by atoms with Gasteiger partial charge in [0.2, 0.25) is 5.91 Å². The number of carbonyl (C=O) groups excluding carboxylic acids is 1. The topological polar surface area (TPSA) is 101 Å². The fourth-order valence-corrected chi connectivity index (χ4v) is 4.35. The van der Waals surface area contributed by atoms with Gasteiger partial charge in [0.25, 0.3) is 0 Å². The number of carbonyl (C=O) groups is 2. The normalized spacial score (nSPS) is 34.3. The Bertz CT molecular complexity index is 458. The van der Waals surface area contributed by atoms with Crippen LogP contribution in [-0.4, -0.2) is 42.9 Å². The Kier molecular flexibility index (Phi) is 3.61. The van der Waals surface area contributed by atoms with E-state index in [1.54, 1.807) is 0 Å². The molecule has 0 bridgehead atoms. The highest BCUT2D eigenvalue weighted by molar-refractivity contribution is 7.91. The van der Waals surface area contributed by atoms with Gasteiger partial charge in [-0.25, -0.2) is 8.42 Å². The van der Waals surface area contributed by atoms with Crippen LogP contribution in [0.25, 0.3) is 0 Å². The fraction of sp³-hybridized carbons (Fsp3) is 0.818. The molecule has 2 N–H and O–H groups in total. The van der Waals surface area contributed by atoms with Crippen molar-refractivity contribution in [1.29, 1.82) is 0 Å². The molecule has 2 aliphatic rings. The zero-order chi connectivity index (χ0) is 13.3. The van der Waals surface area contributed by atoms with Crippen LogP contribution in [0.3, 0.4) is 0 Å². The van der Waals surface area contributed by atoms with Gasteiger partial charge < -0.3 is 10.4 Å². The Morgan fingerprint density at radius 1 is 1.11 bits per heavy atom. The highest BCUT2D eigenvalue weighted by atomic mass is 32.2. The first-order valence-corrected chi connectivity index (χ1v) is 7.93. The molecule has 1 aliphatic heterocycles. The molecule has 1 saturated heterocycles. The first-order valence-electron chi connectivity index (χ1n) is 6.11. The third-order valence-corrected chi connectivity index (χ3v) is 5.50. The van der Waals surface area contributed by atoms with Crippen molar-refractivity contribution in [3.05, 3.63) is 0 Å². The first kappa shape index (κ1) is 13.3. The van der Waals surface area contributed by atoms with Crippen molar-refractivity contribution in [3.8, 4) is 0 Å². The molecule has 0 radical (unpaired) electrons. The van der Waals surface area contributed by atoms with Gasteiger partial charge in [-0.15, -0.1) is 0 Å². The number of carboxylic acid groups (broad SMARTS) is 1. The molecule has 2 rings (SSSR count). The third kappa shape index (κ3) is 3.01. The van der Waals surface area contributed by atoms with Crippen LogP contribution in [0.4, 0.5) is 0 Å². The average molecular weight is 275 g/mol. The summed E-state index contributed by atoms with van der Waals surface area (Å²) in [5, 5.41) is 11.6. The quantitative estimate of drug-likeness (QED) is 0.742. The van der Waals surface area contributed by atoms with Crippen LogP contribution in [0, 0.1) is 11.8 Å². The minimum Gasteiger partial charge on any atom is -0.481 e. The molecule has 1 heterocycles. The monoisotopic (exact) mass is 275 g/mol. The van der Waals surface area contributed by atoms with Crippen molar-refractivity contribution in [3.63, 3.8) is 0 Å². The molecule has 3 atom stereocenters. The maximum Gasteiger partial charge on any atom is 0.306 e. The maximum absolute atomic E-state index is 11.9. The fourth-order valence-electron chi connectivity index (χ4n) is 2.67. The number of aliphatic carboxylic acids is 1. The Morgan fingerprint density at radius 3 is 2.28 bits per heavy atom. The van der Waals surface area contributed by atoms with Crippen LogP contribution >= 0.6 is 0 Å². The Balaban J connectivity index is 1.85. The van der Waals surface area contributed by atoms with Gasteiger partial charge in [0.1, 0.15) is 0 Å². The summed E-state index contributed by atoms with van der Waals surface area (Å²) >= 11 is 0. The van der Waals surface area contributed by atoms with Gasteiger partial charge >= 0.3 is 5.97 Å². The molecule has 6 nitrogen and oxygen atoms in total. The summed E-state index contributed by atoms with van der Waals surface area (Å²) in [7, 11) is -3.00. The Hall–Kier alpha value is -1.11. The van der Waals surface area contributed by atoms with Gasteiger partial charge in [-0.1, -0.05) is 0 Å². The van der Waals surface area contributed by atoms with Gasteiger partial charge in [-0.3, -0.25) is 9.59 Å². The summed E-state index contributed by atoms with van der Waals surface area (Å²) in [6.45, 7) is 0. The minimum atomic E-state index is -3.00. The Morgan fingerprint density at radius 2 is 1.78 bits per heavy atom. The lowest BCUT2D eigenvalue weighted by molar-refractivity contribution is -0.141. The molecule has 0 aromatic heterocycles. The van der Waals surface area contributed by atoms with E-state index >= 15 is 0 Å². The molecule has 1 amide bonds. The van der Waals surface area contributed by atoms with E-state index in [2.05, 4.69) is 5.32 Å². The summed E-state index contributed by atoms with van der Waals surface area (Å²) in [5.74, 6) is -1.63. The van der Waals surface area contributed by atoms with E-state index in [0.717, 1.165) is 0 Å². The van der Waals surface area contributed by atoms with Crippen LogP contribution < -0.4 is 5.32 Å². The van der Waals surface area contributed by atoms with Crippen molar-refractivity contribution in [2.24, 2.45) is 11.8 Å². The predicted octanol–water partition coefficient (Wildman–Crippen LogP) is -0.209. The molecular formula is C11H17NO5S. The number of hydrogen-bond donors (Lipinski definition) is 2. The zero-order valence-corrected chi connectivity index (χ0v) is 10.8. The van der Waals surface area contributed by atoms with Crippen LogP contribution in [0.15, 0.2) is 0 Å². The van der Waals surface area contributed by atoms with Gasteiger partial charge in [-0.2, -0.15) is 0 Å². The minimum absolute atomic E-state index is 0.00776. The molecule has 102 valence electrons. The van der Waals surface area contributed by atoms with Crippen molar-refractivity contribution < 1.29 is 23.1 Å². The van der Waals surface area contributed by atoms with E-state index in [1.807, 2.05) is 0 Å². The van der Waals surface area contributed by atoms with Crippen molar-refractivity contribution in [2.45, 2.75) is 31.7 Å². The molecule has 1 saturated carbocycles. The van der Waals surface area contributed by atoms with Crippen LogP contribution in [-0.2, 0) is 19.4 Å². The highest BCUT2D eigenvalue weighted by Crippen LogP contribution is 2.31. The molecule has 1 aliphatic carbocycles. The molecule has 0 aromatic carbocycles. The van der Waals surface area contributed by atoms with Gasteiger partial charge in [0.05, 0.1) is 17.4 Å². The van der Waals surface area contributed by atoms with Crippen LogP contribution in [0.5, 0.6) is 0 Å². The largest absolute Gasteiger partial charge is 0.481 e. The number of carboxylic acids is 1. The van der Waals surface area contributed by atoms with Crippen molar-refractivity contribution >= 4 is 21.7 Å². The second kappa shape index (κ2) is 4.87. The summed E-state index contributed by atoms with van der Waals surface area (Å²) < 4.78 is 22.5. The lowest BCUT2D eigenvalue weighted by atomic mass is 10.0. The van der Waals surface area contributed by atoms with E-state index in [-0.39, 0.29) is 29.4 Å². The first-order chi connectivity index (χ1) is 8.37. The second-order valence-electron chi connectivity index (χ2n) is 5.15. The number of amides is 1. The lowest BCUT2D eigenvalue weighted by Gasteiger charge is -2.14. The van der Waals surface area contributed by atoms with Gasteiger partial charge in [-0.05, 0) is 25.7 Å². The molecule has 2 fully saturated rings. The maximum atomic E-state index is 11.9. The SMILES string of the molecule is O=C(O)[C@H]1CC[C@@H](C(=O)NC2CCS(=O)(=O)C2)C1. The molecule has 7 heteroatoms. The van der Waals surface area contributed by atoms with Crippen molar-refractivity contribution in [1.82, 2.24) is 5.32 Å². The van der Waals surface area contributed by atoms with E-state index in [1.165, 1.54) is 0 Å². The molecular weight excluding hydrogens is 258 g/mol. The number of nitrogens with one attached hydrogen (secondary N) is 1. The zero-order valence-electron chi connectivity index (χ0n) is 9.96. The lowest BCUT2D eigenvalue weighted by Crippen LogP contribution is -2.39. The van der Waals surface area contributed by atoms with E-state index in [4.69, 9.17) is 5.11 Å². The van der Waals surface area contributed by atoms with Gasteiger partial charge in [0, 0.05) is 12.0 Å². The van der Waals surface area contributed by atoms with Gasteiger partial charge in [0.15, 0.2) is 9.84 Å². The Labute approximate surface area is 106 Å². The average Bonchev–Trinajstić information content (AvgIpc) is 2.85. The summed E-state index contributed by atoms with van der Waals surface area (Å²) in [6.07, 6.45) is 1.92. The summed E-state index contributed by atoms with van der Waals surface area (Å²) in [5.41, 5.74) is 0. The van der Waals surface area contributed by atoms with E-state index in [9.17, 15) is 18.0 Å². The van der Waals surface area contributed by atoms with Crippen LogP contribution in [0.1, 0.15) is 25.7 Å².